The van der Waals surface area contributed by atoms with Crippen LogP contribution in [0.5, 0.6) is 0 Å². The van der Waals surface area contributed by atoms with Crippen LogP contribution in [0.15, 0.2) is 17.5 Å². The van der Waals surface area contributed by atoms with Gasteiger partial charge in [0.05, 0.1) is 0 Å². The van der Waals surface area contributed by atoms with Crippen LogP contribution < -0.4 is 0 Å². The minimum absolute atomic E-state index is 0.591. The van der Waals surface area contributed by atoms with Gasteiger partial charge in [0, 0.05) is 4.88 Å². The number of thiophene rings is 1. The van der Waals surface area contributed by atoms with Crippen LogP contribution in [0.4, 0.5) is 0 Å². The van der Waals surface area contributed by atoms with Gasteiger partial charge in [-0.15, -0.1) is 16.9 Å². The summed E-state index contributed by atoms with van der Waals surface area (Å²) in [7, 11) is -1.35. The van der Waals surface area contributed by atoms with Gasteiger partial charge in [-0.05, 0) is 11.4 Å². The van der Waals surface area contributed by atoms with Gasteiger partial charge in [-0.2, -0.15) is 0 Å². The smallest absolute Gasteiger partial charge is 0.148 e. The van der Waals surface area contributed by atoms with Gasteiger partial charge < -0.3 is 5.11 Å². The van der Waals surface area contributed by atoms with Crippen molar-refractivity contribution < 1.29 is 5.11 Å². The zero-order valence-electron chi connectivity index (χ0n) is 8.16. The van der Waals surface area contributed by atoms with Crippen LogP contribution in [0.25, 0.3) is 0 Å². The predicted molar refractivity (Wildman–Crippen MR) is 60.4 cm³/mol. The number of hydrogen-bond donors (Lipinski definition) is 1. The molecule has 3 heteroatoms. The summed E-state index contributed by atoms with van der Waals surface area (Å²) in [6.07, 6.45) is -0.591. The second-order valence-electron chi connectivity index (χ2n) is 3.94. The van der Waals surface area contributed by atoms with E-state index in [0.717, 1.165) is 4.88 Å². The van der Waals surface area contributed by atoms with Crippen molar-refractivity contribution in [2.24, 2.45) is 0 Å². The lowest BCUT2D eigenvalue weighted by Crippen LogP contribution is -2.16. The molecule has 0 bridgehead atoms. The molecule has 0 amide bonds. The standard InChI is InChI=1S/C10H14OSSi/c1-13(2,3)8-6-9(11)10-5-4-7-12-10/h4-5,7,9,11H,1-3H3/t9-/m0/s1. The van der Waals surface area contributed by atoms with E-state index >= 15 is 0 Å². The summed E-state index contributed by atoms with van der Waals surface area (Å²) in [4.78, 5) is 0.936. The van der Waals surface area contributed by atoms with Gasteiger partial charge in [0.2, 0.25) is 0 Å². The number of rotatable bonds is 1. The second kappa shape index (κ2) is 4.10. The Kier molecular flexibility index (Phi) is 3.31. The molecule has 0 aliphatic heterocycles. The molecule has 0 saturated carbocycles. The molecule has 1 N–H and O–H groups in total. The molecule has 0 radical (unpaired) electrons. The quantitative estimate of drug-likeness (QED) is 0.558. The van der Waals surface area contributed by atoms with Gasteiger partial charge in [0.1, 0.15) is 14.2 Å². The van der Waals surface area contributed by atoms with Crippen molar-refractivity contribution in [1.82, 2.24) is 0 Å². The Balaban J connectivity index is 2.69. The van der Waals surface area contributed by atoms with E-state index in [1.807, 2.05) is 17.5 Å². The van der Waals surface area contributed by atoms with Gasteiger partial charge >= 0.3 is 0 Å². The summed E-state index contributed by atoms with van der Waals surface area (Å²) < 4.78 is 0. The third-order valence-corrected chi connectivity index (χ3v) is 3.22. The second-order valence-corrected chi connectivity index (χ2v) is 9.67. The van der Waals surface area contributed by atoms with Gasteiger partial charge in [-0.3, -0.25) is 0 Å². The summed E-state index contributed by atoms with van der Waals surface area (Å²) in [6, 6.07) is 3.84. The van der Waals surface area contributed by atoms with Crippen LogP contribution in [0, 0.1) is 11.5 Å². The molecule has 1 rings (SSSR count). The number of aliphatic hydroxyl groups excluding tert-OH is 1. The van der Waals surface area contributed by atoms with Crippen LogP contribution in [0.1, 0.15) is 11.0 Å². The highest BCUT2D eigenvalue weighted by Crippen LogP contribution is 2.17. The van der Waals surface area contributed by atoms with E-state index in [1.165, 1.54) is 0 Å². The van der Waals surface area contributed by atoms with Crippen molar-refractivity contribution in [3.8, 4) is 11.5 Å². The van der Waals surface area contributed by atoms with E-state index in [1.54, 1.807) is 11.3 Å². The third-order valence-electron chi connectivity index (χ3n) is 1.40. The molecule has 1 aromatic heterocycles. The minimum Gasteiger partial charge on any atom is -0.375 e. The Morgan fingerprint density at radius 1 is 1.46 bits per heavy atom. The lowest BCUT2D eigenvalue weighted by Gasteiger charge is -2.05. The van der Waals surface area contributed by atoms with Gasteiger partial charge in [0.25, 0.3) is 0 Å². The third kappa shape index (κ3) is 3.77. The largest absolute Gasteiger partial charge is 0.375 e. The van der Waals surface area contributed by atoms with E-state index in [9.17, 15) is 5.11 Å². The first-order valence-corrected chi connectivity index (χ1v) is 8.61. The SMILES string of the molecule is C[Si](C)(C)C#C[C@H](O)c1cccs1. The Labute approximate surface area is 84.4 Å². The highest BCUT2D eigenvalue weighted by atomic mass is 32.1. The topological polar surface area (TPSA) is 20.2 Å². The maximum atomic E-state index is 9.63. The lowest BCUT2D eigenvalue weighted by atomic mass is 10.3. The average molecular weight is 210 g/mol. The number of aliphatic hydroxyl groups is 1. The van der Waals surface area contributed by atoms with Crippen LogP contribution in [0.2, 0.25) is 19.6 Å². The zero-order valence-corrected chi connectivity index (χ0v) is 9.98. The highest BCUT2D eigenvalue weighted by Gasteiger charge is 2.09. The van der Waals surface area contributed by atoms with Crippen LogP contribution in [-0.2, 0) is 0 Å². The van der Waals surface area contributed by atoms with Gasteiger partial charge in [-0.25, -0.2) is 0 Å². The van der Waals surface area contributed by atoms with E-state index in [-0.39, 0.29) is 0 Å². The molecule has 1 heterocycles. The molecule has 0 aliphatic carbocycles. The van der Waals surface area contributed by atoms with Crippen molar-refractivity contribution in [2.75, 3.05) is 0 Å². The Morgan fingerprint density at radius 2 is 2.15 bits per heavy atom. The molecule has 0 unspecified atom stereocenters. The molecule has 1 nitrogen and oxygen atoms in total. The van der Waals surface area contributed by atoms with Gasteiger partial charge in [-0.1, -0.05) is 31.6 Å². The summed E-state index contributed by atoms with van der Waals surface area (Å²) in [5.74, 6) is 2.90. The first-order chi connectivity index (χ1) is 5.99. The predicted octanol–water partition coefficient (Wildman–Crippen LogP) is 2.66. The fraction of sp³-hybridized carbons (Fsp3) is 0.400. The average Bonchev–Trinajstić information content (AvgIpc) is 2.50. The van der Waals surface area contributed by atoms with E-state index in [2.05, 4.69) is 31.1 Å². The summed E-state index contributed by atoms with van der Waals surface area (Å²) >= 11 is 1.54. The maximum Gasteiger partial charge on any atom is 0.148 e. The Morgan fingerprint density at radius 3 is 2.62 bits per heavy atom. The van der Waals surface area contributed by atoms with Crippen molar-refractivity contribution in [3.05, 3.63) is 22.4 Å². The molecule has 70 valence electrons. The molecule has 1 aromatic rings. The molecule has 1 atom stereocenters. The molecule has 0 aliphatic rings. The summed E-state index contributed by atoms with van der Waals surface area (Å²) in [5, 5.41) is 11.6. The first kappa shape index (κ1) is 10.5. The van der Waals surface area contributed by atoms with E-state index in [4.69, 9.17) is 0 Å². The molecule has 0 saturated heterocycles. The van der Waals surface area contributed by atoms with Crippen LogP contribution in [-0.4, -0.2) is 13.2 Å². The molecule has 0 spiro atoms. The molecular weight excluding hydrogens is 196 g/mol. The van der Waals surface area contributed by atoms with Gasteiger partial charge in [0.15, 0.2) is 0 Å². The van der Waals surface area contributed by atoms with Crippen LogP contribution >= 0.6 is 11.3 Å². The highest BCUT2D eigenvalue weighted by molar-refractivity contribution is 7.10. The summed E-state index contributed by atoms with van der Waals surface area (Å²) in [6.45, 7) is 6.50. The van der Waals surface area contributed by atoms with Crippen molar-refractivity contribution in [3.63, 3.8) is 0 Å². The molecular formula is C10H14OSSi. The lowest BCUT2D eigenvalue weighted by molar-refractivity contribution is 0.242. The van der Waals surface area contributed by atoms with E-state index < -0.39 is 14.2 Å². The Hall–Kier alpha value is -0.563. The van der Waals surface area contributed by atoms with Crippen molar-refractivity contribution in [1.29, 1.82) is 0 Å². The first-order valence-electron chi connectivity index (χ1n) is 4.23. The normalized spacial score (nSPS) is 13.2. The zero-order chi connectivity index (χ0) is 9.90. The molecule has 13 heavy (non-hydrogen) atoms. The monoisotopic (exact) mass is 210 g/mol. The van der Waals surface area contributed by atoms with Crippen molar-refractivity contribution in [2.45, 2.75) is 25.7 Å². The van der Waals surface area contributed by atoms with Crippen LogP contribution in [0.3, 0.4) is 0 Å². The number of hydrogen-bond acceptors (Lipinski definition) is 2. The fourth-order valence-electron chi connectivity index (χ4n) is 0.803. The maximum absolute atomic E-state index is 9.63. The minimum atomic E-state index is -1.35. The van der Waals surface area contributed by atoms with Crippen molar-refractivity contribution >= 4 is 19.4 Å². The van der Waals surface area contributed by atoms with E-state index in [0.29, 0.717) is 0 Å². The fourth-order valence-corrected chi connectivity index (χ4v) is 2.03. The molecule has 0 aromatic carbocycles. The molecule has 0 fully saturated rings. The summed E-state index contributed by atoms with van der Waals surface area (Å²) in [5.41, 5.74) is 3.16. The Bertz CT molecular complexity index is 313.